The molecule has 6 atom stereocenters. The van der Waals surface area contributed by atoms with Crippen LogP contribution in [0.25, 0.3) is 0 Å². The van der Waals surface area contributed by atoms with Crippen molar-refractivity contribution in [2.75, 3.05) is 38.3 Å². The van der Waals surface area contributed by atoms with Gasteiger partial charge < -0.3 is 19.1 Å². The van der Waals surface area contributed by atoms with Gasteiger partial charge >= 0.3 is 5.97 Å². The molecular formula is C38H49ClN2O7S. The molecule has 0 saturated heterocycles. The number of fused-ring (bicyclic) bond motifs is 3. The molecule has 1 heterocycles. The second kappa shape index (κ2) is 15.7. The molecule has 1 amide bonds. The average molecular weight is 713 g/mol. The lowest BCUT2D eigenvalue weighted by Crippen LogP contribution is -2.49. The van der Waals surface area contributed by atoms with Gasteiger partial charge in [0.25, 0.3) is 5.91 Å². The predicted octanol–water partition coefficient (Wildman–Crippen LogP) is 6.63. The summed E-state index contributed by atoms with van der Waals surface area (Å²) in [6.45, 7) is 12.9. The Bertz CT molecular complexity index is 1660. The number of amides is 1. The highest BCUT2D eigenvalue weighted by Gasteiger charge is 2.45. The summed E-state index contributed by atoms with van der Waals surface area (Å²) in [6, 6.07) is 11.2. The largest absolute Gasteiger partial charge is 0.490 e. The maximum atomic E-state index is 13.7. The van der Waals surface area contributed by atoms with Gasteiger partial charge in [0.15, 0.2) is 0 Å². The first-order valence-corrected chi connectivity index (χ1v) is 19.1. The van der Waals surface area contributed by atoms with Gasteiger partial charge in [-0.1, -0.05) is 43.3 Å². The fraction of sp³-hybridized carbons (Fsp3) is 0.526. The molecular weight excluding hydrogens is 664 g/mol. The lowest BCUT2D eigenvalue weighted by molar-refractivity contribution is -0.149. The Morgan fingerprint density at radius 2 is 2.00 bits per heavy atom. The van der Waals surface area contributed by atoms with Crippen LogP contribution < -0.4 is 14.4 Å². The molecule has 2 aromatic rings. The molecule has 0 bridgehead atoms. The first kappa shape index (κ1) is 36.9. The van der Waals surface area contributed by atoms with Crippen molar-refractivity contribution in [3.63, 3.8) is 0 Å². The van der Waals surface area contributed by atoms with Crippen LogP contribution in [0.2, 0.25) is 5.02 Å². The molecule has 11 heteroatoms. The molecule has 9 nitrogen and oxygen atoms in total. The van der Waals surface area contributed by atoms with E-state index in [2.05, 4.69) is 34.9 Å². The summed E-state index contributed by atoms with van der Waals surface area (Å²) in [4.78, 5) is 27.8. The van der Waals surface area contributed by atoms with Crippen molar-refractivity contribution in [3.8, 4) is 5.75 Å². The van der Waals surface area contributed by atoms with Gasteiger partial charge in [-0.15, -0.1) is 6.58 Å². The van der Waals surface area contributed by atoms with Gasteiger partial charge in [0.1, 0.15) is 11.9 Å². The summed E-state index contributed by atoms with van der Waals surface area (Å²) in [5, 5.41) is -0.127. The van der Waals surface area contributed by atoms with Crippen molar-refractivity contribution in [1.82, 2.24) is 4.72 Å². The van der Waals surface area contributed by atoms with E-state index in [-0.39, 0.29) is 53.8 Å². The number of aryl methyl sites for hydroxylation is 1. The molecule has 1 saturated carbocycles. The van der Waals surface area contributed by atoms with Gasteiger partial charge in [0.05, 0.1) is 17.5 Å². The monoisotopic (exact) mass is 712 g/mol. The zero-order valence-corrected chi connectivity index (χ0v) is 30.4. The lowest BCUT2D eigenvalue weighted by Gasteiger charge is -2.45. The highest BCUT2D eigenvalue weighted by Crippen LogP contribution is 2.47. The Morgan fingerprint density at radius 3 is 2.67 bits per heavy atom. The van der Waals surface area contributed by atoms with Crippen molar-refractivity contribution in [2.45, 2.75) is 75.6 Å². The molecule has 2 aromatic carbocycles. The quantitative estimate of drug-likeness (QED) is 0.172. The molecule has 0 radical (unpaired) electrons. The Morgan fingerprint density at radius 1 is 1.20 bits per heavy atom. The van der Waals surface area contributed by atoms with E-state index < -0.39 is 21.2 Å². The molecule has 266 valence electrons. The molecule has 0 unspecified atom stereocenters. The third-order valence-corrected chi connectivity index (χ3v) is 12.8. The Kier molecular flexibility index (Phi) is 11.8. The van der Waals surface area contributed by atoms with E-state index in [1.54, 1.807) is 30.4 Å². The first-order valence-electron chi connectivity index (χ1n) is 17.2. The molecule has 2 aliphatic carbocycles. The number of nitrogens with zero attached hydrogens (tertiary/aromatic N) is 1. The number of halogens is 1. The lowest BCUT2D eigenvalue weighted by atomic mass is 9.68. The van der Waals surface area contributed by atoms with Crippen LogP contribution >= 0.6 is 11.6 Å². The van der Waals surface area contributed by atoms with Crippen LogP contribution in [0.15, 0.2) is 61.7 Å². The fourth-order valence-corrected chi connectivity index (χ4v) is 9.80. The normalized spacial score (nSPS) is 23.4. The van der Waals surface area contributed by atoms with E-state index in [0.717, 1.165) is 37.8 Å². The number of carbonyl (C=O) groups excluding carboxylic acids is 2. The number of hydrogen-bond acceptors (Lipinski definition) is 8. The molecule has 1 spiro atoms. The molecule has 49 heavy (non-hydrogen) atoms. The Balaban J connectivity index is 1.49. The third-order valence-electron chi connectivity index (χ3n) is 10.6. The minimum Gasteiger partial charge on any atom is -0.490 e. The van der Waals surface area contributed by atoms with Gasteiger partial charge in [-0.05, 0) is 98.2 Å². The minimum atomic E-state index is -4.04. The van der Waals surface area contributed by atoms with Gasteiger partial charge in [0, 0.05) is 55.6 Å². The number of nitrogens with one attached hydrogen (secondary N) is 1. The number of ether oxygens (including phenoxy) is 3. The van der Waals surface area contributed by atoms with Crippen molar-refractivity contribution in [1.29, 1.82) is 0 Å². The number of methoxy groups -OCH3 is 1. The van der Waals surface area contributed by atoms with Crippen molar-refractivity contribution in [3.05, 3.63) is 83.4 Å². The molecule has 3 aliphatic rings. The fourth-order valence-electron chi connectivity index (χ4n) is 7.95. The van der Waals surface area contributed by atoms with E-state index in [1.165, 1.54) is 25.2 Å². The summed E-state index contributed by atoms with van der Waals surface area (Å²) in [5.41, 5.74) is 3.06. The van der Waals surface area contributed by atoms with Crippen LogP contribution in [0.4, 0.5) is 5.69 Å². The number of esters is 1. The molecule has 1 fully saturated rings. The molecule has 5 rings (SSSR count). The highest BCUT2D eigenvalue weighted by atomic mass is 35.5. The Hall–Kier alpha value is -3.34. The van der Waals surface area contributed by atoms with Crippen LogP contribution in [0.3, 0.4) is 0 Å². The maximum absolute atomic E-state index is 13.7. The Labute approximate surface area is 296 Å². The number of anilines is 1. The summed E-state index contributed by atoms with van der Waals surface area (Å²) in [5.74, 6) is -0.360. The summed E-state index contributed by atoms with van der Waals surface area (Å²) < 4.78 is 46.9. The number of rotatable bonds is 14. The van der Waals surface area contributed by atoms with E-state index in [9.17, 15) is 18.0 Å². The van der Waals surface area contributed by atoms with Crippen LogP contribution in [0.1, 0.15) is 73.9 Å². The van der Waals surface area contributed by atoms with Crippen LogP contribution in [-0.2, 0) is 36.1 Å². The molecule has 1 N–H and O–H groups in total. The van der Waals surface area contributed by atoms with E-state index in [0.29, 0.717) is 36.9 Å². The SMILES string of the molecule is C=CC[C@H](C)[C@@H](CCOC)S(=O)(=O)NC(=O)c1ccc2c(c1)N(C[C@@H]1CC[C@H]1[C@H](C=C)OC(C)=O)C[C@@]1(CCCc3cc(Cl)ccc31)CO2. The van der Waals surface area contributed by atoms with Gasteiger partial charge in [0.2, 0.25) is 10.0 Å². The van der Waals surface area contributed by atoms with Gasteiger partial charge in [-0.2, -0.15) is 0 Å². The van der Waals surface area contributed by atoms with Crippen molar-refractivity contribution >= 4 is 39.2 Å². The summed E-state index contributed by atoms with van der Waals surface area (Å²) in [7, 11) is -2.52. The van der Waals surface area contributed by atoms with Crippen LogP contribution in [0.5, 0.6) is 5.75 Å². The van der Waals surface area contributed by atoms with E-state index >= 15 is 0 Å². The number of allylic oxidation sites excluding steroid dienone is 1. The number of benzene rings is 2. The predicted molar refractivity (Wildman–Crippen MR) is 193 cm³/mol. The highest BCUT2D eigenvalue weighted by molar-refractivity contribution is 7.90. The maximum Gasteiger partial charge on any atom is 0.303 e. The van der Waals surface area contributed by atoms with E-state index in [4.69, 9.17) is 25.8 Å². The smallest absolute Gasteiger partial charge is 0.303 e. The topological polar surface area (TPSA) is 111 Å². The standard InChI is InChI=1S/C38H49ClN2O7S/c1-6-9-25(3)36(17-19-46-5)49(44,45)40-37(43)28-12-16-35-33(21-28)41(22-29-11-14-31(29)34(7-2)48-26(4)42)23-38(24-47-35)18-8-10-27-20-30(39)13-15-32(27)38/h6-7,12-13,15-16,20-21,25,29,31,34,36H,1-2,8-11,14,17-19,22-24H2,3-5H3,(H,40,43)/t25-,29-,31+,34-,36+,38-/m0/s1. The molecule has 0 aromatic heterocycles. The van der Waals surface area contributed by atoms with Crippen LogP contribution in [0, 0.1) is 17.8 Å². The van der Waals surface area contributed by atoms with E-state index in [1.807, 2.05) is 13.0 Å². The third kappa shape index (κ3) is 8.18. The van der Waals surface area contributed by atoms with Crippen molar-refractivity contribution < 1.29 is 32.2 Å². The first-order chi connectivity index (χ1) is 23.4. The van der Waals surface area contributed by atoms with Gasteiger partial charge in [-0.3, -0.25) is 9.59 Å². The van der Waals surface area contributed by atoms with Gasteiger partial charge in [-0.25, -0.2) is 13.1 Å². The number of sulfonamides is 1. The number of carbonyl (C=O) groups is 2. The zero-order valence-electron chi connectivity index (χ0n) is 28.8. The van der Waals surface area contributed by atoms with Crippen LogP contribution in [-0.4, -0.2) is 65.1 Å². The molecule has 1 aliphatic heterocycles. The second-order valence-electron chi connectivity index (χ2n) is 13.9. The second-order valence-corrected chi connectivity index (χ2v) is 16.2. The number of hydrogen-bond donors (Lipinski definition) is 1. The van der Waals surface area contributed by atoms with Crippen molar-refractivity contribution in [2.24, 2.45) is 17.8 Å². The minimum absolute atomic E-state index is 0.112. The average Bonchev–Trinajstić information content (AvgIpc) is 3.19. The zero-order chi connectivity index (χ0) is 35.3. The summed E-state index contributed by atoms with van der Waals surface area (Å²) in [6.07, 6.45) is 8.44. The summed E-state index contributed by atoms with van der Waals surface area (Å²) >= 11 is 6.42.